The average Bonchev–Trinajstić information content (AvgIpc) is 3.08. The van der Waals surface area contributed by atoms with Gasteiger partial charge in [-0.05, 0) is 24.6 Å². The number of rotatable bonds is 6. The maximum atomic E-state index is 11.2. The predicted molar refractivity (Wildman–Crippen MR) is 81.5 cm³/mol. The van der Waals surface area contributed by atoms with Crippen molar-refractivity contribution in [3.05, 3.63) is 42.1 Å². The van der Waals surface area contributed by atoms with Gasteiger partial charge in [0, 0.05) is 25.8 Å². The van der Waals surface area contributed by atoms with Crippen LogP contribution in [0.1, 0.15) is 23.9 Å². The maximum absolute atomic E-state index is 11.2. The summed E-state index contributed by atoms with van der Waals surface area (Å²) in [6.07, 6.45) is 5.35. The lowest BCUT2D eigenvalue weighted by atomic mass is 10.1. The molecule has 0 saturated carbocycles. The van der Waals surface area contributed by atoms with E-state index in [1.54, 1.807) is 12.5 Å². The molecule has 0 amide bonds. The molecule has 0 saturated heterocycles. The first-order valence-electron chi connectivity index (χ1n) is 7.23. The Hall–Kier alpha value is -1.64. The van der Waals surface area contributed by atoms with Gasteiger partial charge < -0.3 is 4.42 Å². The number of nitrogens with zero attached hydrogens (tertiary/aromatic N) is 3. The Kier molecular flexibility index (Phi) is 4.32. The largest absolute Gasteiger partial charge is 0.468 e. The highest BCUT2D eigenvalue weighted by molar-refractivity contribution is 7.88. The first kappa shape index (κ1) is 15.3. The number of nitrogens with one attached hydrogen (secondary N) is 1. The van der Waals surface area contributed by atoms with Gasteiger partial charge >= 0.3 is 0 Å². The lowest BCUT2D eigenvalue weighted by Gasteiger charge is -2.33. The monoisotopic (exact) mass is 324 g/mol. The highest BCUT2D eigenvalue weighted by atomic mass is 32.2. The van der Waals surface area contributed by atoms with E-state index in [4.69, 9.17) is 4.42 Å². The Morgan fingerprint density at radius 2 is 2.32 bits per heavy atom. The van der Waals surface area contributed by atoms with E-state index in [1.165, 1.54) is 6.26 Å². The number of hydrogen-bond donors (Lipinski definition) is 1. The summed E-state index contributed by atoms with van der Waals surface area (Å²) in [7, 11) is -3.15. The molecule has 3 heterocycles. The van der Waals surface area contributed by atoms with Gasteiger partial charge in [0.15, 0.2) is 0 Å². The minimum Gasteiger partial charge on any atom is -0.468 e. The second kappa shape index (κ2) is 6.23. The second-order valence-corrected chi connectivity index (χ2v) is 7.46. The van der Waals surface area contributed by atoms with Crippen LogP contribution in [0.15, 0.2) is 35.1 Å². The Morgan fingerprint density at radius 3 is 3.05 bits per heavy atom. The molecule has 0 aromatic carbocycles. The smallest absolute Gasteiger partial charge is 0.208 e. The standard InChI is InChI=1S/C14H20N4O3S/c1-22(19,20)16-7-5-13-10-17(11-14-3-2-8-21-14)9-12-4-6-15-18(12)13/h2-4,6,8,13,16H,5,7,9-11H2,1H3/t13-/m0/s1. The highest BCUT2D eigenvalue weighted by Crippen LogP contribution is 2.24. The van der Waals surface area contributed by atoms with Crippen molar-refractivity contribution in [2.24, 2.45) is 0 Å². The molecule has 22 heavy (non-hydrogen) atoms. The van der Waals surface area contributed by atoms with Crippen molar-refractivity contribution >= 4 is 10.0 Å². The molecule has 1 aliphatic rings. The van der Waals surface area contributed by atoms with Crippen molar-refractivity contribution in [3.63, 3.8) is 0 Å². The van der Waals surface area contributed by atoms with Gasteiger partial charge in [-0.3, -0.25) is 9.58 Å². The Bertz CT molecular complexity index is 708. The number of fused-ring (bicyclic) bond motifs is 1. The van der Waals surface area contributed by atoms with E-state index in [0.29, 0.717) is 13.0 Å². The van der Waals surface area contributed by atoms with Crippen LogP contribution in [0.25, 0.3) is 0 Å². The fourth-order valence-corrected chi connectivity index (χ4v) is 3.32. The summed E-state index contributed by atoms with van der Waals surface area (Å²) >= 11 is 0. The summed E-state index contributed by atoms with van der Waals surface area (Å²) < 4.78 is 32.3. The molecule has 1 N–H and O–H groups in total. The molecular weight excluding hydrogens is 304 g/mol. The zero-order valence-corrected chi connectivity index (χ0v) is 13.3. The Labute approximate surface area is 130 Å². The van der Waals surface area contributed by atoms with Crippen LogP contribution in [-0.4, -0.2) is 42.4 Å². The van der Waals surface area contributed by atoms with Gasteiger partial charge in [-0.25, -0.2) is 13.1 Å². The molecule has 2 aromatic rings. The summed E-state index contributed by atoms with van der Waals surface area (Å²) in [6.45, 7) is 2.79. The summed E-state index contributed by atoms with van der Waals surface area (Å²) in [5.74, 6) is 0.931. The van der Waals surface area contributed by atoms with Crippen LogP contribution in [0.3, 0.4) is 0 Å². The third-order valence-corrected chi connectivity index (χ3v) is 4.48. The fraction of sp³-hybridized carbons (Fsp3) is 0.500. The molecule has 0 bridgehead atoms. The van der Waals surface area contributed by atoms with E-state index in [9.17, 15) is 8.42 Å². The van der Waals surface area contributed by atoms with Gasteiger partial charge in [0.25, 0.3) is 0 Å². The average molecular weight is 324 g/mol. The summed E-state index contributed by atoms with van der Waals surface area (Å²) in [5, 5.41) is 4.37. The molecule has 1 aliphatic heterocycles. The van der Waals surface area contributed by atoms with E-state index in [2.05, 4.69) is 14.7 Å². The van der Waals surface area contributed by atoms with Gasteiger partial charge in [-0.1, -0.05) is 0 Å². The number of aromatic nitrogens is 2. The van der Waals surface area contributed by atoms with E-state index in [-0.39, 0.29) is 6.04 Å². The van der Waals surface area contributed by atoms with Crippen LogP contribution in [0, 0.1) is 0 Å². The van der Waals surface area contributed by atoms with E-state index in [1.807, 2.05) is 22.9 Å². The van der Waals surface area contributed by atoms with Crippen LogP contribution < -0.4 is 4.72 Å². The normalized spacial score (nSPS) is 19.2. The molecule has 0 radical (unpaired) electrons. The van der Waals surface area contributed by atoms with Crippen molar-refractivity contribution in [1.82, 2.24) is 19.4 Å². The lowest BCUT2D eigenvalue weighted by Crippen LogP contribution is -2.38. The Morgan fingerprint density at radius 1 is 1.45 bits per heavy atom. The van der Waals surface area contributed by atoms with Gasteiger partial charge in [-0.15, -0.1) is 0 Å². The van der Waals surface area contributed by atoms with Crippen LogP contribution in [0.2, 0.25) is 0 Å². The van der Waals surface area contributed by atoms with Gasteiger partial charge in [-0.2, -0.15) is 5.10 Å². The van der Waals surface area contributed by atoms with Crippen molar-refractivity contribution in [2.75, 3.05) is 19.3 Å². The van der Waals surface area contributed by atoms with Crippen molar-refractivity contribution in [3.8, 4) is 0 Å². The maximum Gasteiger partial charge on any atom is 0.208 e. The SMILES string of the molecule is CS(=O)(=O)NCC[C@H]1CN(Cc2ccco2)Cc2ccnn21. The van der Waals surface area contributed by atoms with Gasteiger partial charge in [0.1, 0.15) is 5.76 Å². The van der Waals surface area contributed by atoms with E-state index < -0.39 is 10.0 Å². The first-order valence-corrected chi connectivity index (χ1v) is 9.12. The molecule has 0 aliphatic carbocycles. The molecular formula is C14H20N4O3S. The zero-order chi connectivity index (χ0) is 15.6. The molecule has 8 heteroatoms. The fourth-order valence-electron chi connectivity index (χ4n) is 2.83. The minimum absolute atomic E-state index is 0.156. The first-order chi connectivity index (χ1) is 10.5. The quantitative estimate of drug-likeness (QED) is 0.856. The number of sulfonamides is 1. The Balaban J connectivity index is 1.66. The molecule has 0 unspecified atom stereocenters. The van der Waals surface area contributed by atoms with Crippen LogP contribution in [0.4, 0.5) is 0 Å². The predicted octanol–water partition coefficient (Wildman–Crippen LogP) is 0.972. The van der Waals surface area contributed by atoms with Gasteiger partial charge in [0.2, 0.25) is 10.0 Å². The third kappa shape index (κ3) is 3.76. The zero-order valence-electron chi connectivity index (χ0n) is 12.5. The topological polar surface area (TPSA) is 80.4 Å². The van der Waals surface area contributed by atoms with E-state index >= 15 is 0 Å². The summed E-state index contributed by atoms with van der Waals surface area (Å²) in [4.78, 5) is 2.29. The molecule has 120 valence electrons. The number of furan rings is 1. The summed E-state index contributed by atoms with van der Waals surface area (Å²) in [5.41, 5.74) is 1.14. The van der Waals surface area contributed by atoms with Crippen molar-refractivity contribution < 1.29 is 12.8 Å². The molecule has 0 spiro atoms. The molecule has 3 rings (SSSR count). The molecule has 7 nitrogen and oxygen atoms in total. The molecule has 2 aromatic heterocycles. The van der Waals surface area contributed by atoms with Crippen molar-refractivity contribution in [1.29, 1.82) is 0 Å². The van der Waals surface area contributed by atoms with Crippen LogP contribution in [-0.2, 0) is 23.1 Å². The summed E-state index contributed by atoms with van der Waals surface area (Å²) in [6, 6.07) is 6.01. The number of hydrogen-bond acceptors (Lipinski definition) is 5. The molecule has 1 atom stereocenters. The lowest BCUT2D eigenvalue weighted by molar-refractivity contribution is 0.152. The molecule has 0 fully saturated rings. The van der Waals surface area contributed by atoms with E-state index in [0.717, 1.165) is 31.1 Å². The third-order valence-electron chi connectivity index (χ3n) is 3.75. The van der Waals surface area contributed by atoms with Crippen LogP contribution in [0.5, 0.6) is 0 Å². The highest BCUT2D eigenvalue weighted by Gasteiger charge is 2.25. The van der Waals surface area contributed by atoms with Crippen molar-refractivity contribution in [2.45, 2.75) is 25.6 Å². The second-order valence-electron chi connectivity index (χ2n) is 5.63. The minimum atomic E-state index is -3.15. The van der Waals surface area contributed by atoms with Crippen LogP contribution >= 0.6 is 0 Å². The van der Waals surface area contributed by atoms with Gasteiger partial charge in [0.05, 0.1) is 30.8 Å².